The molecule has 0 saturated carbocycles. The number of benzene rings is 2. The van der Waals surface area contributed by atoms with Crippen LogP contribution in [0.15, 0.2) is 42.5 Å². The summed E-state index contributed by atoms with van der Waals surface area (Å²) in [5.74, 6) is 2.30. The van der Waals surface area contributed by atoms with Crippen molar-refractivity contribution in [1.82, 2.24) is 14.4 Å². The molecule has 3 heterocycles. The van der Waals surface area contributed by atoms with Crippen LogP contribution in [0.2, 0.25) is 0 Å². The maximum absolute atomic E-state index is 5.98. The molecule has 32 heavy (non-hydrogen) atoms. The van der Waals surface area contributed by atoms with Gasteiger partial charge in [0, 0.05) is 0 Å². The van der Waals surface area contributed by atoms with Gasteiger partial charge >= 0.3 is 192 Å². The Bertz CT molecular complexity index is 1240. The fraction of sp³-hybridized carbons (Fsp3) is 0.444. The molecule has 166 valence electrons. The molecule has 1 fully saturated rings. The van der Waals surface area contributed by atoms with Crippen LogP contribution < -0.4 is 16.4 Å². The molecule has 0 amide bonds. The van der Waals surface area contributed by atoms with Crippen molar-refractivity contribution in [2.45, 2.75) is 57.5 Å². The number of hydrogen-bond acceptors (Lipinski definition) is 2. The number of piperidine rings is 1. The number of nitrogens with zero attached hydrogens (tertiary/aromatic N) is 2. The minimum absolute atomic E-state index is 0.415. The molecule has 1 unspecified atom stereocenters. The number of nitrogens with two attached hydrogens (primary N) is 1. The van der Waals surface area contributed by atoms with E-state index in [0.717, 1.165) is 44.1 Å². The summed E-state index contributed by atoms with van der Waals surface area (Å²) < 4.78 is 4.90. The summed E-state index contributed by atoms with van der Waals surface area (Å²) in [6, 6.07) is 12.4. The van der Waals surface area contributed by atoms with Crippen LogP contribution in [0.5, 0.6) is 0 Å². The van der Waals surface area contributed by atoms with Crippen molar-refractivity contribution in [3.8, 4) is 0 Å². The number of aromatic nitrogens is 2. The molecule has 2 aromatic carbocycles. The van der Waals surface area contributed by atoms with Crippen LogP contribution in [-0.4, -0.2) is 35.7 Å². The molecule has 3 N–H and O–H groups in total. The molecule has 0 aliphatic carbocycles. The van der Waals surface area contributed by atoms with Gasteiger partial charge in [-0.25, -0.2) is 0 Å². The molecule has 2 aromatic heterocycles. The first-order valence-electron chi connectivity index (χ1n) is 12.3. The van der Waals surface area contributed by atoms with Gasteiger partial charge in [-0.1, -0.05) is 0 Å². The Morgan fingerprint density at radius 1 is 1.16 bits per heavy atom. The van der Waals surface area contributed by atoms with Gasteiger partial charge in [0.2, 0.25) is 0 Å². The van der Waals surface area contributed by atoms with Crippen molar-refractivity contribution in [1.29, 1.82) is 0 Å². The van der Waals surface area contributed by atoms with Crippen LogP contribution >= 0.6 is 0 Å². The van der Waals surface area contributed by atoms with Gasteiger partial charge in [-0.2, -0.15) is 0 Å². The fourth-order valence-electron chi connectivity index (χ4n) is 5.78. The van der Waals surface area contributed by atoms with Crippen molar-refractivity contribution >= 4 is 35.3 Å². The van der Waals surface area contributed by atoms with E-state index in [2.05, 4.69) is 77.4 Å². The Morgan fingerprint density at radius 2 is 1.97 bits per heavy atom. The molecule has 5 rings (SSSR count). The Morgan fingerprint density at radius 3 is 2.75 bits per heavy atom. The Labute approximate surface area is 191 Å². The zero-order valence-corrected chi connectivity index (χ0v) is 19.3. The van der Waals surface area contributed by atoms with Crippen molar-refractivity contribution in [2.75, 3.05) is 19.6 Å². The number of rotatable bonds is 8. The molecule has 1 saturated heterocycles. The number of nitrogens with one attached hydrogen (secondary N) is 1. The van der Waals surface area contributed by atoms with Gasteiger partial charge in [0.25, 0.3) is 0 Å². The second-order valence-corrected chi connectivity index (χ2v) is 9.43. The summed E-state index contributed by atoms with van der Waals surface area (Å²) in [5, 5.41) is 8.61. The maximum atomic E-state index is 5.98. The molecular weight excluding hydrogens is 391 g/mol. The third kappa shape index (κ3) is 3.82. The minimum atomic E-state index is 0.415. The van der Waals surface area contributed by atoms with Crippen molar-refractivity contribution < 1.29 is 0 Å². The predicted molar refractivity (Wildman–Crippen MR) is 138 cm³/mol. The Kier molecular flexibility index (Phi) is 6.21. The summed E-state index contributed by atoms with van der Waals surface area (Å²) in [6.07, 6.45) is 9.05. The average Bonchev–Trinajstić information content (AvgIpc) is 3.40. The first-order valence-corrected chi connectivity index (χ1v) is 12.3. The summed E-state index contributed by atoms with van der Waals surface area (Å²) in [6.45, 7) is 9.71. The Hall–Kier alpha value is -2.37. The molecular formula is C27H35BN4. The van der Waals surface area contributed by atoms with Gasteiger partial charge in [-0.05, 0) is 0 Å². The van der Waals surface area contributed by atoms with E-state index < -0.39 is 0 Å². The normalized spacial score (nSPS) is 16.2. The topological polar surface area (TPSA) is 47.9 Å². The molecule has 1 aliphatic heterocycles. The van der Waals surface area contributed by atoms with Gasteiger partial charge < -0.3 is 0 Å². The molecule has 1 atom stereocenters. The van der Waals surface area contributed by atoms with Crippen molar-refractivity contribution in [3.63, 3.8) is 0 Å². The van der Waals surface area contributed by atoms with Gasteiger partial charge in [0.05, 0.1) is 0 Å². The zero-order chi connectivity index (χ0) is 22.1. The Balaban J connectivity index is 1.53. The van der Waals surface area contributed by atoms with Crippen LogP contribution in [-0.2, 0) is 6.42 Å². The molecule has 4 aromatic rings. The fourth-order valence-corrected chi connectivity index (χ4v) is 5.78. The van der Waals surface area contributed by atoms with E-state index in [9.17, 15) is 0 Å². The first-order chi connectivity index (χ1) is 15.7. The second-order valence-electron chi connectivity index (χ2n) is 9.43. The van der Waals surface area contributed by atoms with E-state index in [0.29, 0.717) is 18.6 Å². The van der Waals surface area contributed by atoms with Gasteiger partial charge in [-0.15, -0.1) is 0 Å². The van der Waals surface area contributed by atoms with Crippen molar-refractivity contribution in [2.24, 2.45) is 5.73 Å². The summed E-state index contributed by atoms with van der Waals surface area (Å²) in [7, 11) is 2.27. The second kappa shape index (κ2) is 9.25. The van der Waals surface area contributed by atoms with E-state index in [1.165, 1.54) is 45.6 Å². The van der Waals surface area contributed by atoms with E-state index in [1.807, 2.05) is 0 Å². The van der Waals surface area contributed by atoms with Crippen LogP contribution in [0, 0.1) is 0 Å². The molecule has 0 bridgehead atoms. The first kappa shape index (κ1) is 21.5. The zero-order valence-electron chi connectivity index (χ0n) is 19.3. The predicted octanol–water partition coefficient (Wildman–Crippen LogP) is 4.27. The molecule has 1 aliphatic rings. The summed E-state index contributed by atoms with van der Waals surface area (Å²) >= 11 is 0. The third-order valence-corrected chi connectivity index (χ3v) is 7.36. The van der Waals surface area contributed by atoms with E-state index >= 15 is 0 Å². The van der Waals surface area contributed by atoms with E-state index in [1.54, 1.807) is 0 Å². The molecule has 4 nitrogen and oxygen atoms in total. The van der Waals surface area contributed by atoms with Crippen LogP contribution in [0.1, 0.15) is 62.2 Å². The van der Waals surface area contributed by atoms with E-state index in [-0.39, 0.29) is 0 Å². The van der Waals surface area contributed by atoms with Gasteiger partial charge in [-0.3, -0.25) is 0 Å². The SMILES string of the molecule is C=c1c2cccc3c(Cc4cbn(C5CCNCC5)c4)ccc(c32)n1C(CCC)CCN. The monoisotopic (exact) mass is 426 g/mol. The van der Waals surface area contributed by atoms with Crippen molar-refractivity contribution in [3.05, 3.63) is 59.0 Å². The quantitative estimate of drug-likeness (QED) is 0.442. The van der Waals surface area contributed by atoms with Gasteiger partial charge in [0.15, 0.2) is 0 Å². The van der Waals surface area contributed by atoms with Crippen LogP contribution in [0.25, 0.3) is 28.3 Å². The van der Waals surface area contributed by atoms with E-state index in [4.69, 9.17) is 5.73 Å². The third-order valence-electron chi connectivity index (χ3n) is 7.36. The molecule has 5 heteroatoms. The average molecular weight is 426 g/mol. The summed E-state index contributed by atoms with van der Waals surface area (Å²) in [5.41, 5.74) is 10.1. The number of hydrogen-bond donors (Lipinski definition) is 2. The molecule has 0 radical (unpaired) electrons. The summed E-state index contributed by atoms with van der Waals surface area (Å²) in [4.78, 5) is 0. The van der Waals surface area contributed by atoms with Gasteiger partial charge in [0.1, 0.15) is 0 Å². The van der Waals surface area contributed by atoms with Crippen LogP contribution in [0.4, 0.5) is 0 Å². The molecule has 0 spiro atoms. The standard InChI is InChI=1S/C27H35BN4/c1-3-5-23(10-13-29)32-19(2)24-6-4-7-25-21(8-9-26(32)27(24)25)16-20-17-28-31(18-20)22-11-14-30-15-12-22/h4,6-9,17-18,22-23,30H,2-3,5,10-16,29H2,1H3. The van der Waals surface area contributed by atoms with Crippen LogP contribution in [0.3, 0.4) is 0 Å².